The number of hydrogen-bond acceptors (Lipinski definition) is 3. The largest absolute Gasteiger partial charge is 0.315 e. The fraction of sp³-hybridized carbons (Fsp3) is 0.750. The summed E-state index contributed by atoms with van der Waals surface area (Å²) in [5.74, 6) is 0.810. The molecule has 0 radical (unpaired) electrons. The van der Waals surface area contributed by atoms with Gasteiger partial charge in [0.05, 0.1) is 0 Å². The third-order valence-corrected chi connectivity index (χ3v) is 4.95. The Bertz CT molecular complexity index is 393. The molecule has 1 N–H and O–H groups in total. The lowest BCUT2D eigenvalue weighted by molar-refractivity contribution is 0.239. The van der Waals surface area contributed by atoms with E-state index in [0.29, 0.717) is 0 Å². The summed E-state index contributed by atoms with van der Waals surface area (Å²) >= 11 is 1.95. The van der Waals surface area contributed by atoms with Gasteiger partial charge in [-0.15, -0.1) is 11.3 Å². The molecule has 0 bridgehead atoms. The predicted octanol–water partition coefficient (Wildman–Crippen LogP) is 3.79. The van der Waals surface area contributed by atoms with Crippen LogP contribution in [0, 0.1) is 12.8 Å². The lowest BCUT2D eigenvalue weighted by Crippen LogP contribution is -2.27. The SMILES string of the molecule is CNCc1cc(CN(CCC(C)C)C2CC2)c(C)s1. The summed E-state index contributed by atoms with van der Waals surface area (Å²) in [7, 11) is 2.02. The zero-order chi connectivity index (χ0) is 13.8. The highest BCUT2D eigenvalue weighted by Crippen LogP contribution is 2.31. The summed E-state index contributed by atoms with van der Waals surface area (Å²) in [6.07, 6.45) is 4.14. The molecule has 3 heteroatoms. The first-order valence-corrected chi connectivity index (χ1v) is 8.38. The lowest BCUT2D eigenvalue weighted by atomic mass is 10.1. The number of thiophene rings is 1. The van der Waals surface area contributed by atoms with Crippen LogP contribution in [0.2, 0.25) is 0 Å². The second-order valence-corrected chi connectivity index (χ2v) is 7.55. The van der Waals surface area contributed by atoms with Crippen LogP contribution < -0.4 is 5.32 Å². The second kappa shape index (κ2) is 6.87. The van der Waals surface area contributed by atoms with Crippen molar-refractivity contribution < 1.29 is 0 Å². The normalized spacial score (nSPS) is 15.7. The summed E-state index contributed by atoms with van der Waals surface area (Å²) in [5, 5.41) is 3.25. The minimum absolute atomic E-state index is 0.810. The summed E-state index contributed by atoms with van der Waals surface area (Å²) in [6, 6.07) is 3.27. The van der Waals surface area contributed by atoms with Gasteiger partial charge in [0.15, 0.2) is 0 Å². The van der Waals surface area contributed by atoms with Gasteiger partial charge in [-0.2, -0.15) is 0 Å². The van der Waals surface area contributed by atoms with Crippen molar-refractivity contribution in [3.63, 3.8) is 0 Å². The molecule has 108 valence electrons. The maximum absolute atomic E-state index is 3.25. The Labute approximate surface area is 122 Å². The molecule has 2 nitrogen and oxygen atoms in total. The maximum Gasteiger partial charge on any atom is 0.0296 e. The third-order valence-electron chi connectivity index (χ3n) is 3.85. The van der Waals surface area contributed by atoms with Gasteiger partial charge in [-0.25, -0.2) is 0 Å². The van der Waals surface area contributed by atoms with Crippen molar-refractivity contribution in [2.45, 2.75) is 59.2 Å². The Morgan fingerprint density at radius 1 is 1.42 bits per heavy atom. The molecular weight excluding hydrogens is 252 g/mol. The van der Waals surface area contributed by atoms with Crippen molar-refractivity contribution in [3.8, 4) is 0 Å². The zero-order valence-corrected chi connectivity index (χ0v) is 13.6. The Kier molecular flexibility index (Phi) is 5.43. The smallest absolute Gasteiger partial charge is 0.0296 e. The minimum atomic E-state index is 0.810. The van der Waals surface area contributed by atoms with E-state index < -0.39 is 0 Å². The summed E-state index contributed by atoms with van der Waals surface area (Å²) < 4.78 is 0. The standard InChI is InChI=1S/C16H28N2S/c1-12(2)7-8-18(15-5-6-15)11-14-9-16(10-17-4)19-13(14)3/h9,12,15,17H,5-8,10-11H2,1-4H3. The van der Waals surface area contributed by atoms with Gasteiger partial charge in [0.25, 0.3) is 0 Å². The van der Waals surface area contributed by atoms with Crippen LogP contribution in [-0.2, 0) is 13.1 Å². The number of nitrogens with one attached hydrogen (secondary N) is 1. The van der Waals surface area contributed by atoms with Gasteiger partial charge in [-0.1, -0.05) is 13.8 Å². The number of nitrogens with zero attached hydrogens (tertiary/aromatic N) is 1. The van der Waals surface area contributed by atoms with Gasteiger partial charge in [-0.3, -0.25) is 4.90 Å². The average Bonchev–Trinajstić information content (AvgIpc) is 3.12. The fourth-order valence-corrected chi connectivity index (χ4v) is 3.54. The molecule has 1 saturated carbocycles. The quantitative estimate of drug-likeness (QED) is 0.779. The van der Waals surface area contributed by atoms with Crippen molar-refractivity contribution in [2.24, 2.45) is 5.92 Å². The maximum atomic E-state index is 3.25. The molecule has 2 rings (SSSR count). The van der Waals surface area contributed by atoms with Crippen LogP contribution in [0.25, 0.3) is 0 Å². The molecule has 1 fully saturated rings. The van der Waals surface area contributed by atoms with E-state index in [2.05, 4.69) is 37.1 Å². The number of rotatable bonds is 8. The Morgan fingerprint density at radius 2 is 2.16 bits per heavy atom. The van der Waals surface area contributed by atoms with Crippen LogP contribution in [-0.4, -0.2) is 24.5 Å². The van der Waals surface area contributed by atoms with Crippen molar-refractivity contribution in [1.82, 2.24) is 10.2 Å². The van der Waals surface area contributed by atoms with Crippen molar-refractivity contribution >= 4 is 11.3 Å². The highest BCUT2D eigenvalue weighted by molar-refractivity contribution is 7.12. The van der Waals surface area contributed by atoms with Crippen LogP contribution in [0.15, 0.2) is 6.07 Å². The monoisotopic (exact) mass is 280 g/mol. The second-order valence-electron chi connectivity index (χ2n) is 6.21. The number of hydrogen-bond donors (Lipinski definition) is 1. The summed E-state index contributed by atoms with van der Waals surface area (Å²) in [6.45, 7) is 10.3. The molecule has 0 unspecified atom stereocenters. The van der Waals surface area contributed by atoms with Gasteiger partial charge in [0.1, 0.15) is 0 Å². The van der Waals surface area contributed by atoms with E-state index in [-0.39, 0.29) is 0 Å². The predicted molar refractivity (Wildman–Crippen MR) is 84.7 cm³/mol. The van der Waals surface area contributed by atoms with Crippen molar-refractivity contribution in [1.29, 1.82) is 0 Å². The molecule has 0 aromatic carbocycles. The molecule has 0 saturated heterocycles. The lowest BCUT2D eigenvalue weighted by Gasteiger charge is -2.23. The van der Waals surface area contributed by atoms with E-state index in [1.165, 1.54) is 35.6 Å². The highest BCUT2D eigenvalue weighted by Gasteiger charge is 2.29. The average molecular weight is 280 g/mol. The molecule has 1 aromatic heterocycles. The molecule has 1 aliphatic carbocycles. The zero-order valence-electron chi connectivity index (χ0n) is 12.8. The third kappa shape index (κ3) is 4.59. The highest BCUT2D eigenvalue weighted by atomic mass is 32.1. The van der Waals surface area contributed by atoms with Crippen LogP contribution >= 0.6 is 11.3 Å². The molecule has 1 aliphatic rings. The molecular formula is C16H28N2S. The first kappa shape index (κ1) is 15.0. The molecule has 19 heavy (non-hydrogen) atoms. The van der Waals surface area contributed by atoms with Crippen molar-refractivity contribution in [2.75, 3.05) is 13.6 Å². The first-order chi connectivity index (χ1) is 9.10. The Hall–Kier alpha value is -0.380. The molecule has 0 aliphatic heterocycles. The van der Waals surface area contributed by atoms with Gasteiger partial charge < -0.3 is 5.32 Å². The summed E-state index contributed by atoms with van der Waals surface area (Å²) in [4.78, 5) is 5.67. The Balaban J connectivity index is 1.96. The van der Waals surface area contributed by atoms with Gasteiger partial charge >= 0.3 is 0 Å². The Morgan fingerprint density at radius 3 is 2.74 bits per heavy atom. The topological polar surface area (TPSA) is 15.3 Å². The van der Waals surface area contributed by atoms with E-state index in [9.17, 15) is 0 Å². The van der Waals surface area contributed by atoms with Crippen LogP contribution in [0.5, 0.6) is 0 Å². The van der Waals surface area contributed by atoms with Gasteiger partial charge in [0.2, 0.25) is 0 Å². The fourth-order valence-electron chi connectivity index (χ4n) is 2.48. The molecule has 0 amide bonds. The number of aryl methyl sites for hydroxylation is 1. The van der Waals surface area contributed by atoms with Crippen LogP contribution in [0.3, 0.4) is 0 Å². The van der Waals surface area contributed by atoms with Gasteiger partial charge in [-0.05, 0) is 57.3 Å². The first-order valence-electron chi connectivity index (χ1n) is 7.57. The van der Waals surface area contributed by atoms with Crippen LogP contribution in [0.4, 0.5) is 0 Å². The summed E-state index contributed by atoms with van der Waals surface area (Å²) in [5.41, 5.74) is 1.55. The van der Waals surface area contributed by atoms with E-state index in [1.54, 1.807) is 5.56 Å². The van der Waals surface area contributed by atoms with E-state index >= 15 is 0 Å². The molecule has 0 atom stereocenters. The van der Waals surface area contributed by atoms with E-state index in [1.807, 2.05) is 18.4 Å². The van der Waals surface area contributed by atoms with Gasteiger partial charge in [0, 0.05) is 28.9 Å². The van der Waals surface area contributed by atoms with Crippen molar-refractivity contribution in [3.05, 3.63) is 21.4 Å². The molecule has 1 aromatic rings. The van der Waals surface area contributed by atoms with Crippen LogP contribution in [0.1, 0.15) is 48.4 Å². The minimum Gasteiger partial charge on any atom is -0.315 e. The molecule has 0 spiro atoms. The van der Waals surface area contributed by atoms with E-state index in [0.717, 1.165) is 25.0 Å². The molecule has 1 heterocycles. The van der Waals surface area contributed by atoms with E-state index in [4.69, 9.17) is 0 Å².